The van der Waals surface area contributed by atoms with Crippen LogP contribution in [0.5, 0.6) is 0 Å². The molecule has 0 aromatic heterocycles. The van der Waals surface area contributed by atoms with Crippen LogP contribution in [-0.2, 0) is 16.1 Å². The van der Waals surface area contributed by atoms with Crippen molar-refractivity contribution in [3.05, 3.63) is 35.4 Å². The first kappa shape index (κ1) is 11.4. The molecule has 0 heterocycles. The van der Waals surface area contributed by atoms with Gasteiger partial charge in [0.2, 0.25) is 0 Å². The summed E-state index contributed by atoms with van der Waals surface area (Å²) in [6.45, 7) is 3.46. The van der Waals surface area contributed by atoms with Gasteiger partial charge in [0.05, 0.1) is 0 Å². The number of hydrogen-bond acceptors (Lipinski definition) is 3. The Hall–Kier alpha value is -1.64. The van der Waals surface area contributed by atoms with Crippen LogP contribution in [-0.4, -0.2) is 11.8 Å². The van der Waals surface area contributed by atoms with Crippen LogP contribution >= 0.6 is 0 Å². The van der Waals surface area contributed by atoms with Crippen LogP contribution in [0.2, 0.25) is 0 Å². The molecule has 0 unspecified atom stereocenters. The number of hydrogen-bond donors (Lipinski definition) is 0. The van der Waals surface area contributed by atoms with E-state index in [2.05, 4.69) is 0 Å². The molecule has 1 rings (SSSR count). The molecular weight excluding hydrogens is 192 g/mol. The summed E-state index contributed by atoms with van der Waals surface area (Å²) in [5, 5.41) is 0. The van der Waals surface area contributed by atoms with Gasteiger partial charge < -0.3 is 4.74 Å². The van der Waals surface area contributed by atoms with E-state index in [0.29, 0.717) is 12.0 Å². The standard InChI is InChI=1S/C12H14O3/c1-3-12(14)11-6-4-10(5-7-11)8-15-9(2)13/h4-7H,3,8H2,1-2H3. The Morgan fingerprint density at radius 1 is 1.20 bits per heavy atom. The lowest BCUT2D eigenvalue weighted by Gasteiger charge is -2.03. The van der Waals surface area contributed by atoms with Crippen LogP contribution in [0, 0.1) is 0 Å². The lowest BCUT2D eigenvalue weighted by atomic mass is 10.1. The average Bonchev–Trinajstić information content (AvgIpc) is 2.26. The van der Waals surface area contributed by atoms with Crippen LogP contribution in [0.1, 0.15) is 36.2 Å². The van der Waals surface area contributed by atoms with E-state index in [-0.39, 0.29) is 18.4 Å². The Morgan fingerprint density at radius 2 is 1.80 bits per heavy atom. The predicted molar refractivity (Wildman–Crippen MR) is 56.5 cm³/mol. The second-order valence-electron chi connectivity index (χ2n) is 3.25. The Morgan fingerprint density at radius 3 is 2.27 bits per heavy atom. The summed E-state index contributed by atoms with van der Waals surface area (Å²) < 4.78 is 4.83. The molecule has 80 valence electrons. The molecule has 0 bridgehead atoms. The number of esters is 1. The fraction of sp³-hybridized carbons (Fsp3) is 0.333. The van der Waals surface area contributed by atoms with Gasteiger partial charge in [-0.2, -0.15) is 0 Å². The summed E-state index contributed by atoms with van der Waals surface area (Å²) in [6, 6.07) is 7.10. The Bertz CT molecular complexity index is 352. The predicted octanol–water partition coefficient (Wildman–Crippen LogP) is 2.34. The van der Waals surface area contributed by atoms with Gasteiger partial charge in [-0.3, -0.25) is 9.59 Å². The second kappa shape index (κ2) is 5.29. The van der Waals surface area contributed by atoms with E-state index >= 15 is 0 Å². The molecule has 0 atom stereocenters. The molecule has 1 aromatic rings. The van der Waals surface area contributed by atoms with Crippen molar-refractivity contribution in [2.75, 3.05) is 0 Å². The summed E-state index contributed by atoms with van der Waals surface area (Å²) in [4.78, 5) is 21.9. The highest BCUT2D eigenvalue weighted by Gasteiger charge is 2.02. The van der Waals surface area contributed by atoms with Crippen molar-refractivity contribution in [3.8, 4) is 0 Å². The van der Waals surface area contributed by atoms with Gasteiger partial charge in [0.25, 0.3) is 0 Å². The number of ketones is 1. The van der Waals surface area contributed by atoms with Crippen molar-refractivity contribution in [1.82, 2.24) is 0 Å². The van der Waals surface area contributed by atoms with E-state index in [0.717, 1.165) is 5.56 Å². The van der Waals surface area contributed by atoms with E-state index in [4.69, 9.17) is 4.74 Å². The maximum Gasteiger partial charge on any atom is 0.302 e. The topological polar surface area (TPSA) is 43.4 Å². The molecule has 0 aliphatic carbocycles. The van der Waals surface area contributed by atoms with Crippen LogP contribution in [0.4, 0.5) is 0 Å². The van der Waals surface area contributed by atoms with Gasteiger partial charge in [0.15, 0.2) is 5.78 Å². The van der Waals surface area contributed by atoms with Crippen LogP contribution < -0.4 is 0 Å². The monoisotopic (exact) mass is 206 g/mol. The van der Waals surface area contributed by atoms with E-state index in [1.54, 1.807) is 24.3 Å². The highest BCUT2D eigenvalue weighted by molar-refractivity contribution is 5.95. The van der Waals surface area contributed by atoms with E-state index in [1.165, 1.54) is 6.92 Å². The maximum absolute atomic E-state index is 11.3. The molecule has 0 saturated heterocycles. The summed E-state index contributed by atoms with van der Waals surface area (Å²) in [5.41, 5.74) is 1.59. The first-order valence-electron chi connectivity index (χ1n) is 4.89. The lowest BCUT2D eigenvalue weighted by Crippen LogP contribution is -2.00. The summed E-state index contributed by atoms with van der Waals surface area (Å²) >= 11 is 0. The van der Waals surface area contributed by atoms with Crippen LogP contribution in [0.25, 0.3) is 0 Å². The Labute approximate surface area is 89.1 Å². The Kier molecular flexibility index (Phi) is 4.03. The minimum Gasteiger partial charge on any atom is -0.461 e. The molecule has 0 aliphatic rings. The zero-order valence-corrected chi connectivity index (χ0v) is 8.95. The van der Waals surface area contributed by atoms with Crippen molar-refractivity contribution < 1.29 is 14.3 Å². The largest absolute Gasteiger partial charge is 0.461 e. The quantitative estimate of drug-likeness (QED) is 0.561. The van der Waals surface area contributed by atoms with E-state index in [1.807, 2.05) is 6.92 Å². The molecule has 0 aliphatic heterocycles. The first-order chi connectivity index (χ1) is 7.13. The minimum atomic E-state index is -0.302. The fourth-order valence-corrected chi connectivity index (χ4v) is 1.18. The zero-order valence-electron chi connectivity index (χ0n) is 8.95. The minimum absolute atomic E-state index is 0.119. The molecule has 0 saturated carbocycles. The van der Waals surface area contributed by atoms with Gasteiger partial charge in [0, 0.05) is 18.9 Å². The van der Waals surface area contributed by atoms with Gasteiger partial charge in [-0.25, -0.2) is 0 Å². The second-order valence-corrected chi connectivity index (χ2v) is 3.25. The first-order valence-corrected chi connectivity index (χ1v) is 4.89. The number of Topliss-reactive ketones (excluding diaryl/α,β-unsaturated/α-hetero) is 1. The van der Waals surface area contributed by atoms with E-state index in [9.17, 15) is 9.59 Å². The van der Waals surface area contributed by atoms with Gasteiger partial charge in [0.1, 0.15) is 6.61 Å². The number of benzene rings is 1. The van der Waals surface area contributed by atoms with Crippen molar-refractivity contribution in [2.24, 2.45) is 0 Å². The van der Waals surface area contributed by atoms with Crippen molar-refractivity contribution >= 4 is 11.8 Å². The third-order valence-corrected chi connectivity index (χ3v) is 2.04. The number of carbonyl (C=O) groups excluding carboxylic acids is 2. The molecule has 1 aromatic carbocycles. The summed E-state index contributed by atoms with van der Waals surface area (Å²) in [7, 11) is 0. The van der Waals surface area contributed by atoms with Gasteiger partial charge in [-0.1, -0.05) is 31.2 Å². The SMILES string of the molecule is CCC(=O)c1ccc(COC(C)=O)cc1. The third-order valence-electron chi connectivity index (χ3n) is 2.04. The fourth-order valence-electron chi connectivity index (χ4n) is 1.18. The van der Waals surface area contributed by atoms with Gasteiger partial charge in [-0.15, -0.1) is 0 Å². The molecule has 0 radical (unpaired) electrons. The van der Waals surface area contributed by atoms with Gasteiger partial charge in [-0.05, 0) is 5.56 Å². The zero-order chi connectivity index (χ0) is 11.3. The highest BCUT2D eigenvalue weighted by Crippen LogP contribution is 2.07. The normalized spacial score (nSPS) is 9.73. The molecule has 0 amide bonds. The summed E-state index contributed by atoms with van der Waals surface area (Å²) in [6.07, 6.45) is 0.503. The lowest BCUT2D eigenvalue weighted by molar-refractivity contribution is -0.142. The smallest absolute Gasteiger partial charge is 0.302 e. The van der Waals surface area contributed by atoms with Crippen molar-refractivity contribution in [3.63, 3.8) is 0 Å². The Balaban J connectivity index is 2.64. The van der Waals surface area contributed by atoms with Gasteiger partial charge >= 0.3 is 5.97 Å². The van der Waals surface area contributed by atoms with Crippen LogP contribution in [0.15, 0.2) is 24.3 Å². The molecule has 0 fully saturated rings. The highest BCUT2D eigenvalue weighted by atomic mass is 16.5. The molecule has 0 N–H and O–H groups in total. The van der Waals surface area contributed by atoms with Crippen molar-refractivity contribution in [1.29, 1.82) is 0 Å². The molecule has 3 nitrogen and oxygen atoms in total. The maximum atomic E-state index is 11.3. The number of rotatable bonds is 4. The summed E-state index contributed by atoms with van der Waals surface area (Å²) in [5.74, 6) is -0.183. The number of ether oxygens (including phenoxy) is 1. The number of carbonyl (C=O) groups is 2. The third kappa shape index (κ3) is 3.54. The molecule has 0 spiro atoms. The van der Waals surface area contributed by atoms with Crippen LogP contribution in [0.3, 0.4) is 0 Å². The molecule has 15 heavy (non-hydrogen) atoms. The molecular formula is C12H14O3. The molecule has 3 heteroatoms. The van der Waals surface area contributed by atoms with E-state index < -0.39 is 0 Å². The average molecular weight is 206 g/mol. The van der Waals surface area contributed by atoms with Crippen molar-refractivity contribution in [2.45, 2.75) is 26.9 Å².